The van der Waals surface area contributed by atoms with Gasteiger partial charge in [-0.15, -0.1) is 6.58 Å². The SMILES string of the molecule is C=CCNc1cc(C(=O)Nc2ccccc2OCC)nc(C)n1. The molecule has 1 amide bonds. The number of nitrogens with one attached hydrogen (secondary N) is 2. The molecule has 6 heteroatoms. The number of carbonyl (C=O) groups excluding carboxylic acids is 1. The van der Waals surface area contributed by atoms with Gasteiger partial charge in [0, 0.05) is 12.6 Å². The summed E-state index contributed by atoms with van der Waals surface area (Å²) >= 11 is 0. The van der Waals surface area contributed by atoms with Crippen LogP contribution in [0.1, 0.15) is 23.2 Å². The van der Waals surface area contributed by atoms with Gasteiger partial charge in [0.1, 0.15) is 23.1 Å². The number of nitrogens with zero attached hydrogens (tertiary/aromatic N) is 2. The fourth-order valence-electron chi connectivity index (χ4n) is 1.99. The Labute approximate surface area is 135 Å². The van der Waals surface area contributed by atoms with Gasteiger partial charge < -0.3 is 15.4 Å². The third-order valence-corrected chi connectivity index (χ3v) is 2.93. The van der Waals surface area contributed by atoms with Crippen LogP contribution in [-0.4, -0.2) is 29.0 Å². The van der Waals surface area contributed by atoms with Crippen molar-refractivity contribution in [1.82, 2.24) is 9.97 Å². The number of rotatable bonds is 7. The summed E-state index contributed by atoms with van der Waals surface area (Å²) in [4.78, 5) is 20.9. The third-order valence-electron chi connectivity index (χ3n) is 2.93. The van der Waals surface area contributed by atoms with Gasteiger partial charge in [0.2, 0.25) is 0 Å². The topological polar surface area (TPSA) is 76.1 Å². The van der Waals surface area contributed by atoms with Gasteiger partial charge in [-0.2, -0.15) is 0 Å². The van der Waals surface area contributed by atoms with E-state index >= 15 is 0 Å². The lowest BCUT2D eigenvalue weighted by Crippen LogP contribution is -2.16. The monoisotopic (exact) mass is 312 g/mol. The molecule has 2 N–H and O–H groups in total. The van der Waals surface area contributed by atoms with Crippen molar-refractivity contribution >= 4 is 17.4 Å². The van der Waals surface area contributed by atoms with E-state index in [2.05, 4.69) is 27.2 Å². The molecule has 0 aliphatic rings. The van der Waals surface area contributed by atoms with Gasteiger partial charge in [0.15, 0.2) is 0 Å². The van der Waals surface area contributed by atoms with Crippen molar-refractivity contribution in [3.63, 3.8) is 0 Å². The first kappa shape index (κ1) is 16.5. The van der Waals surface area contributed by atoms with E-state index in [1.54, 1.807) is 31.2 Å². The number of carbonyl (C=O) groups is 1. The second-order valence-corrected chi connectivity index (χ2v) is 4.74. The van der Waals surface area contributed by atoms with Gasteiger partial charge in [-0.1, -0.05) is 18.2 Å². The van der Waals surface area contributed by atoms with Crippen LogP contribution in [0.15, 0.2) is 43.0 Å². The molecule has 0 spiro atoms. The maximum atomic E-state index is 12.4. The molecule has 0 aliphatic carbocycles. The molecule has 0 unspecified atom stereocenters. The summed E-state index contributed by atoms with van der Waals surface area (Å²) in [7, 11) is 0. The van der Waals surface area contributed by atoms with E-state index in [-0.39, 0.29) is 11.6 Å². The molecule has 0 aliphatic heterocycles. The molecule has 1 aromatic heterocycles. The van der Waals surface area contributed by atoms with Gasteiger partial charge in [0.05, 0.1) is 12.3 Å². The van der Waals surface area contributed by atoms with E-state index in [1.165, 1.54) is 0 Å². The van der Waals surface area contributed by atoms with Crippen molar-refractivity contribution in [3.8, 4) is 5.75 Å². The lowest BCUT2D eigenvalue weighted by atomic mass is 10.2. The van der Waals surface area contributed by atoms with Crippen molar-refractivity contribution in [1.29, 1.82) is 0 Å². The molecule has 0 atom stereocenters. The Bertz CT molecular complexity index is 701. The van der Waals surface area contributed by atoms with E-state index in [9.17, 15) is 4.79 Å². The number of aromatic nitrogens is 2. The van der Waals surface area contributed by atoms with Crippen molar-refractivity contribution in [2.75, 3.05) is 23.8 Å². The molecule has 0 saturated heterocycles. The van der Waals surface area contributed by atoms with Gasteiger partial charge in [-0.05, 0) is 26.0 Å². The molecule has 2 aromatic rings. The van der Waals surface area contributed by atoms with E-state index in [1.807, 2.05) is 19.1 Å². The van der Waals surface area contributed by atoms with Gasteiger partial charge >= 0.3 is 0 Å². The Morgan fingerprint density at radius 3 is 2.87 bits per heavy atom. The molecule has 0 radical (unpaired) electrons. The van der Waals surface area contributed by atoms with Gasteiger partial charge in [0.25, 0.3) is 5.91 Å². The van der Waals surface area contributed by atoms with Crippen molar-refractivity contribution in [2.24, 2.45) is 0 Å². The number of hydrogen-bond acceptors (Lipinski definition) is 5. The molecule has 2 rings (SSSR count). The molecule has 0 bridgehead atoms. The second-order valence-electron chi connectivity index (χ2n) is 4.74. The van der Waals surface area contributed by atoms with Crippen LogP contribution < -0.4 is 15.4 Å². The third kappa shape index (κ3) is 4.54. The van der Waals surface area contributed by atoms with E-state index in [0.717, 1.165) is 0 Å². The maximum absolute atomic E-state index is 12.4. The fourth-order valence-corrected chi connectivity index (χ4v) is 1.99. The number of benzene rings is 1. The minimum atomic E-state index is -0.315. The lowest BCUT2D eigenvalue weighted by molar-refractivity contribution is 0.102. The summed E-state index contributed by atoms with van der Waals surface area (Å²) in [6, 6.07) is 8.89. The molecule has 6 nitrogen and oxygen atoms in total. The maximum Gasteiger partial charge on any atom is 0.274 e. The number of amides is 1. The Hall–Kier alpha value is -2.89. The molecule has 23 heavy (non-hydrogen) atoms. The summed E-state index contributed by atoms with van der Waals surface area (Å²) in [6.07, 6.45) is 1.72. The van der Waals surface area contributed by atoms with Crippen LogP contribution >= 0.6 is 0 Å². The molecule has 1 aromatic carbocycles. The van der Waals surface area contributed by atoms with Crippen molar-refractivity contribution in [3.05, 3.63) is 54.5 Å². The van der Waals surface area contributed by atoms with Crippen LogP contribution in [0.4, 0.5) is 11.5 Å². The zero-order chi connectivity index (χ0) is 16.7. The average molecular weight is 312 g/mol. The van der Waals surface area contributed by atoms with E-state index < -0.39 is 0 Å². The first-order valence-corrected chi connectivity index (χ1v) is 7.37. The summed E-state index contributed by atoms with van der Waals surface area (Å²) in [5.74, 6) is 1.41. The Kier molecular flexibility index (Phi) is 5.68. The number of aryl methyl sites for hydroxylation is 1. The summed E-state index contributed by atoms with van der Waals surface area (Å²) in [6.45, 7) is 8.36. The zero-order valence-corrected chi connectivity index (χ0v) is 13.3. The standard InChI is InChI=1S/C17H20N4O2/c1-4-10-18-16-11-14(19-12(3)20-16)17(22)21-13-8-6-7-9-15(13)23-5-2/h4,6-9,11H,1,5,10H2,2-3H3,(H,21,22)(H,18,19,20). The molecule has 120 valence electrons. The van der Waals surface area contributed by atoms with E-state index in [0.29, 0.717) is 36.2 Å². The van der Waals surface area contributed by atoms with Crippen molar-refractivity contribution < 1.29 is 9.53 Å². The van der Waals surface area contributed by atoms with Gasteiger partial charge in [-0.25, -0.2) is 9.97 Å². The number of para-hydroxylation sites is 2. The highest BCUT2D eigenvalue weighted by atomic mass is 16.5. The summed E-state index contributed by atoms with van der Waals surface area (Å²) in [5, 5.41) is 5.87. The van der Waals surface area contributed by atoms with Crippen LogP contribution in [0.25, 0.3) is 0 Å². The predicted molar refractivity (Wildman–Crippen MR) is 91.0 cm³/mol. The first-order chi connectivity index (χ1) is 11.1. The molecule has 0 saturated carbocycles. The minimum Gasteiger partial charge on any atom is -0.492 e. The van der Waals surface area contributed by atoms with Crippen LogP contribution in [0.2, 0.25) is 0 Å². The van der Waals surface area contributed by atoms with Crippen LogP contribution in [0, 0.1) is 6.92 Å². The summed E-state index contributed by atoms with van der Waals surface area (Å²) in [5.41, 5.74) is 0.895. The Morgan fingerprint density at radius 1 is 1.35 bits per heavy atom. The first-order valence-electron chi connectivity index (χ1n) is 7.37. The van der Waals surface area contributed by atoms with Crippen LogP contribution in [0.3, 0.4) is 0 Å². The number of hydrogen-bond donors (Lipinski definition) is 2. The highest BCUT2D eigenvalue weighted by Crippen LogP contribution is 2.24. The highest BCUT2D eigenvalue weighted by Gasteiger charge is 2.13. The van der Waals surface area contributed by atoms with E-state index in [4.69, 9.17) is 4.74 Å². The zero-order valence-electron chi connectivity index (χ0n) is 13.3. The fraction of sp³-hybridized carbons (Fsp3) is 0.235. The molecular weight excluding hydrogens is 292 g/mol. The molecule has 1 heterocycles. The normalized spacial score (nSPS) is 10.0. The van der Waals surface area contributed by atoms with Crippen LogP contribution in [-0.2, 0) is 0 Å². The number of ether oxygens (including phenoxy) is 1. The highest BCUT2D eigenvalue weighted by molar-refractivity contribution is 6.04. The Balaban J connectivity index is 2.20. The lowest BCUT2D eigenvalue weighted by Gasteiger charge is -2.11. The molecule has 0 fully saturated rings. The van der Waals surface area contributed by atoms with Crippen LogP contribution in [0.5, 0.6) is 5.75 Å². The quantitative estimate of drug-likeness (QED) is 0.769. The average Bonchev–Trinajstić information content (AvgIpc) is 2.54. The second kappa shape index (κ2) is 7.93. The number of anilines is 2. The summed E-state index contributed by atoms with van der Waals surface area (Å²) < 4.78 is 5.50. The molecular formula is C17H20N4O2. The minimum absolute atomic E-state index is 0.287. The Morgan fingerprint density at radius 2 is 2.13 bits per heavy atom. The predicted octanol–water partition coefficient (Wildman–Crippen LogP) is 3.03. The van der Waals surface area contributed by atoms with Gasteiger partial charge in [-0.3, -0.25) is 4.79 Å². The smallest absolute Gasteiger partial charge is 0.274 e. The van der Waals surface area contributed by atoms with Crippen molar-refractivity contribution in [2.45, 2.75) is 13.8 Å². The largest absolute Gasteiger partial charge is 0.492 e.